The summed E-state index contributed by atoms with van der Waals surface area (Å²) >= 11 is 0. The van der Waals surface area contributed by atoms with Crippen LogP contribution in [0.4, 0.5) is 5.69 Å². The average molecular weight is 414 g/mol. The molecule has 1 heterocycles. The number of anilines is 1. The lowest BCUT2D eigenvalue weighted by Crippen LogP contribution is -2.29. The standard InChI is InChI=1S/C27H27NO3/c1-30-26-16-19(10-13-25(26)29)27-22-9-5-8-21(22)23-17-20(11-12-24(23)28-27)31-15-14-18-6-3-2-4-7-18/h2-8,10-13,16-17,21-22,27-29H,9,14-15H2,1H3. The number of ether oxygens (including phenoxy) is 2. The van der Waals surface area contributed by atoms with Crippen LogP contribution in [0.25, 0.3) is 0 Å². The maximum atomic E-state index is 9.98. The number of hydrogen-bond donors (Lipinski definition) is 2. The summed E-state index contributed by atoms with van der Waals surface area (Å²) < 4.78 is 11.4. The van der Waals surface area contributed by atoms with Crippen molar-refractivity contribution < 1.29 is 14.6 Å². The molecule has 0 bridgehead atoms. The Labute approximate surface area is 183 Å². The summed E-state index contributed by atoms with van der Waals surface area (Å²) in [5.74, 6) is 2.36. The molecule has 4 nitrogen and oxygen atoms in total. The molecular weight excluding hydrogens is 386 g/mol. The van der Waals surface area contributed by atoms with Crippen LogP contribution in [0.3, 0.4) is 0 Å². The van der Waals surface area contributed by atoms with Crippen LogP contribution in [0.15, 0.2) is 78.9 Å². The highest BCUT2D eigenvalue weighted by molar-refractivity contribution is 5.62. The number of fused-ring (bicyclic) bond motifs is 3. The van der Waals surface area contributed by atoms with Crippen molar-refractivity contribution in [2.45, 2.75) is 24.8 Å². The second-order valence-corrected chi connectivity index (χ2v) is 8.24. The molecule has 3 unspecified atom stereocenters. The lowest BCUT2D eigenvalue weighted by atomic mass is 9.77. The number of benzene rings is 3. The zero-order chi connectivity index (χ0) is 21.2. The van der Waals surface area contributed by atoms with Crippen LogP contribution in [0.1, 0.15) is 35.1 Å². The van der Waals surface area contributed by atoms with Crippen LogP contribution in [0.2, 0.25) is 0 Å². The second-order valence-electron chi connectivity index (χ2n) is 8.24. The van der Waals surface area contributed by atoms with Gasteiger partial charge in [-0.05, 0) is 59.4 Å². The summed E-state index contributed by atoms with van der Waals surface area (Å²) in [4.78, 5) is 0. The van der Waals surface area contributed by atoms with Crippen LogP contribution in [-0.2, 0) is 6.42 Å². The van der Waals surface area contributed by atoms with Crippen molar-refractivity contribution in [2.75, 3.05) is 19.0 Å². The van der Waals surface area contributed by atoms with E-state index in [2.05, 4.69) is 53.9 Å². The molecule has 3 aromatic carbocycles. The average Bonchev–Trinajstić information content (AvgIpc) is 3.30. The molecule has 3 atom stereocenters. The van der Waals surface area contributed by atoms with Gasteiger partial charge in [0.15, 0.2) is 11.5 Å². The highest BCUT2D eigenvalue weighted by Gasteiger charge is 2.38. The molecule has 0 spiro atoms. The molecule has 0 saturated carbocycles. The molecule has 0 aromatic heterocycles. The van der Waals surface area contributed by atoms with E-state index in [1.807, 2.05) is 24.3 Å². The van der Waals surface area contributed by atoms with Crippen molar-refractivity contribution in [3.05, 3.63) is 95.6 Å². The Hall–Kier alpha value is -3.40. The van der Waals surface area contributed by atoms with E-state index in [0.717, 1.165) is 29.8 Å². The summed E-state index contributed by atoms with van der Waals surface area (Å²) in [7, 11) is 1.59. The zero-order valence-electron chi connectivity index (χ0n) is 17.6. The highest BCUT2D eigenvalue weighted by Crippen LogP contribution is 2.51. The Morgan fingerprint density at radius 3 is 2.74 bits per heavy atom. The van der Waals surface area contributed by atoms with Gasteiger partial charge in [-0.25, -0.2) is 0 Å². The Balaban J connectivity index is 1.36. The first-order chi connectivity index (χ1) is 15.2. The topological polar surface area (TPSA) is 50.7 Å². The van der Waals surface area contributed by atoms with Crippen LogP contribution < -0.4 is 14.8 Å². The first kappa shape index (κ1) is 19.6. The number of methoxy groups -OCH3 is 1. The largest absolute Gasteiger partial charge is 0.504 e. The van der Waals surface area contributed by atoms with Gasteiger partial charge in [-0.2, -0.15) is 0 Å². The van der Waals surface area contributed by atoms with Crippen molar-refractivity contribution >= 4 is 5.69 Å². The molecule has 3 aromatic rings. The van der Waals surface area contributed by atoms with Crippen LogP contribution in [0, 0.1) is 5.92 Å². The van der Waals surface area contributed by atoms with Crippen LogP contribution in [0.5, 0.6) is 17.2 Å². The number of rotatable bonds is 6. The Morgan fingerprint density at radius 2 is 1.90 bits per heavy atom. The van der Waals surface area contributed by atoms with Crippen molar-refractivity contribution in [3.63, 3.8) is 0 Å². The number of phenolic OH excluding ortho intramolecular Hbond substituents is 1. The van der Waals surface area contributed by atoms with Crippen LogP contribution >= 0.6 is 0 Å². The molecule has 0 amide bonds. The molecule has 0 saturated heterocycles. The van der Waals surface area contributed by atoms with E-state index in [-0.39, 0.29) is 11.8 Å². The third-order valence-corrected chi connectivity index (χ3v) is 6.40. The SMILES string of the molecule is COc1cc(C2Nc3ccc(OCCc4ccccc4)cc3C3C=CCC32)ccc1O. The van der Waals surface area contributed by atoms with Crippen molar-refractivity contribution in [1.29, 1.82) is 0 Å². The number of allylic oxidation sites excluding steroid dienone is 2. The molecular formula is C27H27NO3. The Morgan fingerprint density at radius 1 is 1.03 bits per heavy atom. The van der Waals surface area contributed by atoms with Gasteiger partial charge in [0.25, 0.3) is 0 Å². The zero-order valence-corrected chi connectivity index (χ0v) is 17.6. The number of hydrogen-bond acceptors (Lipinski definition) is 4. The van der Waals surface area contributed by atoms with Crippen molar-refractivity contribution in [1.82, 2.24) is 0 Å². The maximum absolute atomic E-state index is 9.98. The van der Waals surface area contributed by atoms with Gasteiger partial charge in [0.2, 0.25) is 0 Å². The van der Waals surface area contributed by atoms with E-state index in [1.54, 1.807) is 13.2 Å². The van der Waals surface area contributed by atoms with Gasteiger partial charge in [-0.3, -0.25) is 0 Å². The van der Waals surface area contributed by atoms with Gasteiger partial charge in [-0.15, -0.1) is 0 Å². The van der Waals surface area contributed by atoms with E-state index in [4.69, 9.17) is 9.47 Å². The molecule has 1 aliphatic heterocycles. The molecule has 5 rings (SSSR count). The molecule has 0 radical (unpaired) electrons. The Bertz CT molecular complexity index is 1090. The van der Waals surface area contributed by atoms with Crippen molar-refractivity contribution in [2.24, 2.45) is 5.92 Å². The summed E-state index contributed by atoms with van der Waals surface area (Å²) in [6.07, 6.45) is 6.51. The van der Waals surface area contributed by atoms with Gasteiger partial charge in [-0.1, -0.05) is 48.6 Å². The van der Waals surface area contributed by atoms with Gasteiger partial charge in [0.1, 0.15) is 5.75 Å². The number of nitrogens with one attached hydrogen (secondary N) is 1. The fourth-order valence-electron chi connectivity index (χ4n) is 4.81. The van der Waals surface area contributed by atoms with Crippen LogP contribution in [-0.4, -0.2) is 18.8 Å². The fraction of sp³-hybridized carbons (Fsp3) is 0.259. The minimum atomic E-state index is 0.159. The quantitative estimate of drug-likeness (QED) is 0.498. The summed E-state index contributed by atoms with van der Waals surface area (Å²) in [5, 5.41) is 13.7. The van der Waals surface area contributed by atoms with Gasteiger partial charge in [0.05, 0.1) is 19.8 Å². The monoisotopic (exact) mass is 413 g/mol. The van der Waals surface area contributed by atoms with E-state index in [9.17, 15) is 5.11 Å². The molecule has 1 aliphatic carbocycles. The normalized spacial score (nSPS) is 21.1. The molecule has 31 heavy (non-hydrogen) atoms. The number of aromatic hydroxyl groups is 1. The minimum Gasteiger partial charge on any atom is -0.504 e. The summed E-state index contributed by atoms with van der Waals surface area (Å²) in [6.45, 7) is 0.663. The third-order valence-electron chi connectivity index (χ3n) is 6.40. The van der Waals surface area contributed by atoms with Crippen molar-refractivity contribution in [3.8, 4) is 17.2 Å². The highest BCUT2D eigenvalue weighted by atomic mass is 16.5. The Kier molecular flexibility index (Phi) is 5.29. The first-order valence-corrected chi connectivity index (χ1v) is 10.8. The van der Waals surface area contributed by atoms with E-state index >= 15 is 0 Å². The molecule has 158 valence electrons. The lowest BCUT2D eigenvalue weighted by molar-refractivity contribution is 0.320. The predicted octanol–water partition coefficient (Wildman–Crippen LogP) is 5.85. The van der Waals surface area contributed by atoms with E-state index < -0.39 is 0 Å². The smallest absolute Gasteiger partial charge is 0.160 e. The molecule has 2 aliphatic rings. The number of phenols is 1. The maximum Gasteiger partial charge on any atom is 0.160 e. The van der Waals surface area contributed by atoms with Gasteiger partial charge < -0.3 is 19.9 Å². The second kappa shape index (κ2) is 8.38. The lowest BCUT2D eigenvalue weighted by Gasteiger charge is -2.37. The molecule has 0 fully saturated rings. The first-order valence-electron chi connectivity index (χ1n) is 10.8. The third kappa shape index (κ3) is 3.86. The van der Waals surface area contributed by atoms with E-state index in [1.165, 1.54) is 11.1 Å². The summed E-state index contributed by atoms with van der Waals surface area (Å²) in [5.41, 5.74) is 4.84. The minimum absolute atomic E-state index is 0.159. The molecule has 2 N–H and O–H groups in total. The van der Waals surface area contributed by atoms with Gasteiger partial charge in [0, 0.05) is 18.0 Å². The summed E-state index contributed by atoms with van der Waals surface area (Å²) in [6, 6.07) is 22.6. The van der Waals surface area contributed by atoms with E-state index in [0.29, 0.717) is 24.2 Å². The molecule has 4 heteroatoms. The van der Waals surface area contributed by atoms with Gasteiger partial charge >= 0.3 is 0 Å². The fourth-order valence-corrected chi connectivity index (χ4v) is 4.81. The predicted molar refractivity (Wildman–Crippen MR) is 123 cm³/mol.